The molecule has 0 bridgehead atoms. The van der Waals surface area contributed by atoms with Crippen LogP contribution in [-0.4, -0.2) is 6.61 Å². The lowest BCUT2D eigenvalue weighted by Crippen LogP contribution is -2.05. The molecule has 0 saturated carbocycles. The van der Waals surface area contributed by atoms with E-state index in [0.29, 0.717) is 6.61 Å². The molecule has 0 aromatic rings. The minimum Gasteiger partial charge on any atom is -0.277 e. The van der Waals surface area contributed by atoms with Crippen LogP contribution in [0.3, 0.4) is 0 Å². The molecule has 0 aromatic carbocycles. The van der Waals surface area contributed by atoms with Gasteiger partial charge in [0.15, 0.2) is 0 Å². The van der Waals surface area contributed by atoms with E-state index in [0.717, 1.165) is 6.42 Å². The maximum absolute atomic E-state index is 4.88. The predicted octanol–water partition coefficient (Wildman–Crippen LogP) is 1.84. The van der Waals surface area contributed by atoms with Gasteiger partial charge in [-0.15, -0.1) is 0 Å². The third-order valence-corrected chi connectivity index (χ3v) is 1.09. The van der Waals surface area contributed by atoms with Crippen LogP contribution in [-0.2, 0) is 4.84 Å². The van der Waals surface area contributed by atoms with Crippen molar-refractivity contribution < 1.29 is 4.84 Å². The molecule has 0 aliphatic heterocycles. The maximum Gasteiger partial charge on any atom is 0.0717 e. The van der Waals surface area contributed by atoms with Gasteiger partial charge in [-0.25, -0.2) is 0 Å². The fourth-order valence-corrected chi connectivity index (χ4v) is 0.328. The molecular formula is C7H15NO. The Morgan fingerprint density at radius 1 is 1.56 bits per heavy atom. The summed E-state index contributed by atoms with van der Waals surface area (Å²) in [6.07, 6.45) is 2.95. The van der Waals surface area contributed by atoms with E-state index in [1.807, 2.05) is 13.1 Å². The molecule has 0 fully saturated rings. The van der Waals surface area contributed by atoms with Gasteiger partial charge >= 0.3 is 0 Å². The fourth-order valence-electron chi connectivity index (χ4n) is 0.328. The zero-order chi connectivity index (χ0) is 7.11. The second-order valence-electron chi connectivity index (χ2n) is 1.90. The van der Waals surface area contributed by atoms with Crippen LogP contribution in [0, 0.1) is 0 Å². The molecule has 2 heteroatoms. The van der Waals surface area contributed by atoms with Crippen molar-refractivity contribution in [1.29, 1.82) is 0 Å². The molecule has 0 heterocycles. The van der Waals surface area contributed by atoms with Crippen molar-refractivity contribution in [1.82, 2.24) is 5.48 Å². The molecule has 0 atom stereocenters. The number of nitrogens with one attached hydrogen (secondary N) is 1. The van der Waals surface area contributed by atoms with Gasteiger partial charge in [-0.1, -0.05) is 12.5 Å². The largest absolute Gasteiger partial charge is 0.277 e. The molecule has 0 spiro atoms. The van der Waals surface area contributed by atoms with E-state index in [-0.39, 0.29) is 0 Å². The molecule has 0 rings (SSSR count). The van der Waals surface area contributed by atoms with Crippen molar-refractivity contribution in [3.8, 4) is 0 Å². The molecule has 0 unspecified atom stereocenters. The Morgan fingerprint density at radius 2 is 2.22 bits per heavy atom. The van der Waals surface area contributed by atoms with Crippen LogP contribution in [0.15, 0.2) is 11.8 Å². The Hall–Kier alpha value is -0.500. The average molecular weight is 129 g/mol. The van der Waals surface area contributed by atoms with E-state index in [2.05, 4.69) is 19.3 Å². The van der Waals surface area contributed by atoms with E-state index in [9.17, 15) is 0 Å². The average Bonchev–Trinajstić information content (AvgIpc) is 1.89. The van der Waals surface area contributed by atoms with E-state index in [1.165, 1.54) is 5.57 Å². The predicted molar refractivity (Wildman–Crippen MR) is 38.8 cm³/mol. The monoisotopic (exact) mass is 129 g/mol. The molecule has 0 saturated heterocycles. The first-order valence-corrected chi connectivity index (χ1v) is 3.34. The van der Waals surface area contributed by atoms with Crippen LogP contribution in [0.1, 0.15) is 27.2 Å². The summed E-state index contributed by atoms with van der Waals surface area (Å²) in [6, 6.07) is 0. The Bertz CT molecular complexity index is 88.9. The molecular weight excluding hydrogens is 114 g/mol. The minimum absolute atomic E-state index is 0.702. The molecule has 9 heavy (non-hydrogen) atoms. The summed E-state index contributed by atoms with van der Waals surface area (Å²) in [5.74, 6) is 0. The van der Waals surface area contributed by atoms with Gasteiger partial charge in [0.25, 0.3) is 0 Å². The van der Waals surface area contributed by atoms with Crippen LogP contribution < -0.4 is 5.48 Å². The van der Waals surface area contributed by atoms with Crippen molar-refractivity contribution in [3.63, 3.8) is 0 Å². The van der Waals surface area contributed by atoms with Gasteiger partial charge in [-0.3, -0.25) is 10.3 Å². The van der Waals surface area contributed by atoms with Gasteiger partial charge in [0.1, 0.15) is 0 Å². The highest BCUT2D eigenvalue weighted by Crippen LogP contribution is 1.93. The second kappa shape index (κ2) is 5.63. The lowest BCUT2D eigenvalue weighted by molar-refractivity contribution is 0.0819. The number of hydroxylamine groups is 1. The summed E-state index contributed by atoms with van der Waals surface area (Å²) in [7, 11) is 0. The van der Waals surface area contributed by atoms with Gasteiger partial charge < -0.3 is 0 Å². The van der Waals surface area contributed by atoms with Gasteiger partial charge in [0.2, 0.25) is 0 Å². The SMILES string of the molecule is CCONC=C(C)CC. The smallest absolute Gasteiger partial charge is 0.0717 e. The number of allylic oxidation sites excluding steroid dienone is 1. The van der Waals surface area contributed by atoms with Crippen LogP contribution in [0.2, 0.25) is 0 Å². The first-order chi connectivity index (χ1) is 4.31. The maximum atomic E-state index is 4.88. The summed E-state index contributed by atoms with van der Waals surface area (Å²) in [5.41, 5.74) is 4.02. The molecule has 2 nitrogen and oxygen atoms in total. The highest BCUT2D eigenvalue weighted by Gasteiger charge is 1.79. The Kier molecular flexibility index (Phi) is 5.32. The van der Waals surface area contributed by atoms with Crippen LogP contribution in [0.5, 0.6) is 0 Å². The normalized spacial score (nSPS) is 11.7. The molecule has 0 amide bonds. The summed E-state index contributed by atoms with van der Waals surface area (Å²) in [5, 5.41) is 0. The third-order valence-electron chi connectivity index (χ3n) is 1.09. The number of rotatable bonds is 4. The summed E-state index contributed by atoms with van der Waals surface area (Å²) < 4.78 is 0. The van der Waals surface area contributed by atoms with E-state index < -0.39 is 0 Å². The second-order valence-corrected chi connectivity index (χ2v) is 1.90. The molecule has 0 radical (unpaired) electrons. The lowest BCUT2D eigenvalue weighted by atomic mass is 10.3. The molecule has 1 N–H and O–H groups in total. The summed E-state index contributed by atoms with van der Waals surface area (Å²) in [6.45, 7) is 6.82. The standard InChI is InChI=1S/C7H15NO/c1-4-7(3)6-8-9-5-2/h6,8H,4-5H2,1-3H3. The lowest BCUT2D eigenvalue weighted by Gasteiger charge is -1.98. The van der Waals surface area contributed by atoms with Crippen molar-refractivity contribution >= 4 is 0 Å². The Balaban J connectivity index is 3.21. The zero-order valence-electron chi connectivity index (χ0n) is 6.40. The molecule has 54 valence electrons. The van der Waals surface area contributed by atoms with E-state index in [4.69, 9.17) is 4.84 Å². The first-order valence-electron chi connectivity index (χ1n) is 3.34. The topological polar surface area (TPSA) is 21.3 Å². The van der Waals surface area contributed by atoms with Gasteiger partial charge in [0.05, 0.1) is 6.61 Å². The summed E-state index contributed by atoms with van der Waals surface area (Å²) >= 11 is 0. The van der Waals surface area contributed by atoms with Gasteiger partial charge in [0, 0.05) is 6.20 Å². The van der Waals surface area contributed by atoms with Crippen molar-refractivity contribution in [3.05, 3.63) is 11.8 Å². The van der Waals surface area contributed by atoms with Crippen molar-refractivity contribution in [2.45, 2.75) is 27.2 Å². The highest BCUT2D eigenvalue weighted by molar-refractivity contribution is 4.93. The Labute approximate surface area is 56.9 Å². The van der Waals surface area contributed by atoms with Crippen molar-refractivity contribution in [2.75, 3.05) is 6.61 Å². The third kappa shape index (κ3) is 5.37. The zero-order valence-corrected chi connectivity index (χ0v) is 6.40. The number of hydrogen-bond donors (Lipinski definition) is 1. The summed E-state index contributed by atoms with van der Waals surface area (Å²) in [4.78, 5) is 4.88. The quantitative estimate of drug-likeness (QED) is 0.462. The first kappa shape index (κ1) is 8.50. The molecule has 0 aromatic heterocycles. The Morgan fingerprint density at radius 3 is 2.67 bits per heavy atom. The van der Waals surface area contributed by atoms with Crippen LogP contribution in [0.25, 0.3) is 0 Å². The molecule has 0 aliphatic carbocycles. The van der Waals surface area contributed by atoms with Gasteiger partial charge in [-0.05, 0) is 20.3 Å². The van der Waals surface area contributed by atoms with Gasteiger partial charge in [-0.2, -0.15) is 0 Å². The molecule has 0 aliphatic rings. The van der Waals surface area contributed by atoms with E-state index >= 15 is 0 Å². The minimum atomic E-state index is 0.702. The fraction of sp³-hybridized carbons (Fsp3) is 0.714. The van der Waals surface area contributed by atoms with Crippen LogP contribution in [0.4, 0.5) is 0 Å². The van der Waals surface area contributed by atoms with E-state index in [1.54, 1.807) is 0 Å². The van der Waals surface area contributed by atoms with Crippen molar-refractivity contribution in [2.24, 2.45) is 0 Å². The number of hydrogen-bond acceptors (Lipinski definition) is 2. The highest BCUT2D eigenvalue weighted by atomic mass is 16.6. The van der Waals surface area contributed by atoms with Crippen LogP contribution >= 0.6 is 0 Å².